The maximum Gasteiger partial charge on any atom is 0.422 e. The SMILES string of the molecule is O=C(OCc1ccccc1)N1CCCC1(C(=O)O)C(F)(F)F. The molecule has 5 nitrogen and oxygen atoms in total. The highest BCUT2D eigenvalue weighted by molar-refractivity contribution is 5.86. The first-order chi connectivity index (χ1) is 10.3. The highest BCUT2D eigenvalue weighted by Crippen LogP contribution is 2.43. The Balaban J connectivity index is 2.15. The Morgan fingerprint density at radius 2 is 1.91 bits per heavy atom. The maximum absolute atomic E-state index is 13.2. The summed E-state index contributed by atoms with van der Waals surface area (Å²) in [6.07, 6.45) is -7.07. The highest BCUT2D eigenvalue weighted by atomic mass is 19.4. The Kier molecular flexibility index (Phi) is 4.30. The molecule has 1 atom stereocenters. The van der Waals surface area contributed by atoms with Gasteiger partial charge in [0.05, 0.1) is 0 Å². The summed E-state index contributed by atoms with van der Waals surface area (Å²) in [5.74, 6) is -2.09. The van der Waals surface area contributed by atoms with Crippen molar-refractivity contribution in [3.63, 3.8) is 0 Å². The first-order valence-corrected chi connectivity index (χ1v) is 6.57. The van der Waals surface area contributed by atoms with E-state index in [9.17, 15) is 22.8 Å². The standard InChI is InChI=1S/C14H14F3NO4/c15-14(16,17)13(11(19)20)7-4-8-18(13)12(21)22-9-10-5-2-1-3-6-10/h1-3,5-6H,4,7-9H2,(H,19,20). The summed E-state index contributed by atoms with van der Waals surface area (Å²) in [6, 6.07) is 8.41. The van der Waals surface area contributed by atoms with Crippen molar-refractivity contribution in [3.8, 4) is 0 Å². The number of hydrogen-bond acceptors (Lipinski definition) is 3. The molecule has 120 valence electrons. The van der Waals surface area contributed by atoms with Crippen molar-refractivity contribution in [1.82, 2.24) is 4.90 Å². The number of aliphatic carboxylic acids is 1. The minimum absolute atomic E-state index is 0.0494. The normalized spacial score (nSPS) is 21.7. The van der Waals surface area contributed by atoms with Gasteiger partial charge in [0, 0.05) is 6.54 Å². The molecule has 22 heavy (non-hydrogen) atoms. The van der Waals surface area contributed by atoms with E-state index in [2.05, 4.69) is 0 Å². The van der Waals surface area contributed by atoms with E-state index in [1.54, 1.807) is 30.3 Å². The van der Waals surface area contributed by atoms with Crippen LogP contribution in [0.15, 0.2) is 30.3 Å². The molecule has 1 aliphatic heterocycles. The average molecular weight is 317 g/mol. The fraction of sp³-hybridized carbons (Fsp3) is 0.429. The van der Waals surface area contributed by atoms with Crippen LogP contribution in [0.1, 0.15) is 18.4 Å². The number of ether oxygens (including phenoxy) is 1. The maximum atomic E-state index is 13.2. The first kappa shape index (κ1) is 16.1. The number of carboxylic acids is 1. The molecule has 0 bridgehead atoms. The second-order valence-electron chi connectivity index (χ2n) is 4.96. The number of alkyl halides is 3. The molecule has 1 saturated heterocycles. The van der Waals surface area contributed by atoms with Gasteiger partial charge >= 0.3 is 18.2 Å². The number of rotatable bonds is 3. The number of nitrogens with zero attached hydrogens (tertiary/aromatic N) is 1. The first-order valence-electron chi connectivity index (χ1n) is 6.57. The number of amides is 1. The summed E-state index contributed by atoms with van der Waals surface area (Å²) in [5.41, 5.74) is -2.61. The van der Waals surface area contributed by atoms with Crippen molar-refractivity contribution < 1.29 is 32.6 Å². The van der Waals surface area contributed by atoms with Gasteiger partial charge in [0.1, 0.15) is 6.61 Å². The quantitative estimate of drug-likeness (QED) is 0.931. The molecule has 0 radical (unpaired) electrons. The lowest BCUT2D eigenvalue weighted by atomic mass is 9.96. The molecule has 0 saturated carbocycles. The Morgan fingerprint density at radius 1 is 1.27 bits per heavy atom. The largest absolute Gasteiger partial charge is 0.479 e. The predicted molar refractivity (Wildman–Crippen MR) is 69.0 cm³/mol. The van der Waals surface area contributed by atoms with Gasteiger partial charge in [-0.15, -0.1) is 0 Å². The van der Waals surface area contributed by atoms with Gasteiger partial charge in [-0.05, 0) is 18.4 Å². The van der Waals surface area contributed by atoms with E-state index in [1.807, 2.05) is 0 Å². The second-order valence-corrected chi connectivity index (χ2v) is 4.96. The number of hydrogen-bond donors (Lipinski definition) is 1. The van der Waals surface area contributed by atoms with E-state index >= 15 is 0 Å². The molecule has 0 aromatic heterocycles. The molecule has 1 aromatic carbocycles. The number of carbonyl (C=O) groups excluding carboxylic acids is 1. The minimum Gasteiger partial charge on any atom is -0.479 e. The topological polar surface area (TPSA) is 66.8 Å². The lowest BCUT2D eigenvalue weighted by Crippen LogP contribution is -2.62. The van der Waals surface area contributed by atoms with Crippen LogP contribution < -0.4 is 0 Å². The van der Waals surface area contributed by atoms with Gasteiger partial charge < -0.3 is 9.84 Å². The lowest BCUT2D eigenvalue weighted by Gasteiger charge is -2.35. The third kappa shape index (κ3) is 2.72. The Bertz CT molecular complexity index is 561. The van der Waals surface area contributed by atoms with Crippen molar-refractivity contribution in [2.45, 2.75) is 31.2 Å². The van der Waals surface area contributed by atoms with Crippen LogP contribution in [-0.2, 0) is 16.1 Å². The summed E-state index contributed by atoms with van der Waals surface area (Å²) < 4.78 is 44.5. The highest BCUT2D eigenvalue weighted by Gasteiger charge is 2.68. The average Bonchev–Trinajstić information content (AvgIpc) is 2.91. The number of benzene rings is 1. The molecule has 1 aromatic rings. The Labute approximate surface area is 124 Å². The zero-order valence-corrected chi connectivity index (χ0v) is 11.5. The molecule has 0 aliphatic carbocycles. The van der Waals surface area contributed by atoms with Gasteiger partial charge in [-0.2, -0.15) is 13.2 Å². The summed E-state index contributed by atoms with van der Waals surface area (Å²) in [5, 5.41) is 9.03. The molecule has 1 aliphatic rings. The molecule has 1 N–H and O–H groups in total. The Morgan fingerprint density at radius 3 is 2.45 bits per heavy atom. The number of likely N-dealkylation sites (tertiary alicyclic amines) is 1. The van der Waals surface area contributed by atoms with Gasteiger partial charge in [-0.3, -0.25) is 4.90 Å². The van der Waals surface area contributed by atoms with Crippen LogP contribution in [0.5, 0.6) is 0 Å². The molecule has 1 heterocycles. The van der Waals surface area contributed by atoms with Crippen molar-refractivity contribution in [2.75, 3.05) is 6.54 Å². The van der Waals surface area contributed by atoms with E-state index in [0.29, 0.717) is 5.56 Å². The van der Waals surface area contributed by atoms with Crippen LogP contribution in [0, 0.1) is 0 Å². The van der Waals surface area contributed by atoms with Crippen molar-refractivity contribution >= 4 is 12.1 Å². The summed E-state index contributed by atoms with van der Waals surface area (Å²) in [6.45, 7) is -0.525. The van der Waals surface area contributed by atoms with E-state index < -0.39 is 30.2 Å². The molecule has 1 amide bonds. The van der Waals surface area contributed by atoms with Gasteiger partial charge in [0.25, 0.3) is 0 Å². The molecular weight excluding hydrogens is 303 g/mol. The smallest absolute Gasteiger partial charge is 0.422 e. The van der Waals surface area contributed by atoms with Crippen LogP contribution in [-0.4, -0.2) is 40.3 Å². The van der Waals surface area contributed by atoms with Crippen LogP contribution in [0.3, 0.4) is 0 Å². The monoisotopic (exact) mass is 317 g/mol. The fourth-order valence-corrected chi connectivity index (χ4v) is 2.50. The predicted octanol–water partition coefficient (Wildman–Crippen LogP) is 2.80. The number of carbonyl (C=O) groups is 2. The van der Waals surface area contributed by atoms with E-state index in [0.717, 1.165) is 0 Å². The van der Waals surface area contributed by atoms with Crippen LogP contribution in [0.25, 0.3) is 0 Å². The van der Waals surface area contributed by atoms with Crippen LogP contribution in [0.4, 0.5) is 18.0 Å². The zero-order valence-electron chi connectivity index (χ0n) is 11.5. The van der Waals surface area contributed by atoms with Gasteiger partial charge in [-0.1, -0.05) is 30.3 Å². The third-order valence-corrected chi connectivity index (χ3v) is 3.63. The molecular formula is C14H14F3NO4. The molecule has 1 unspecified atom stereocenters. The lowest BCUT2D eigenvalue weighted by molar-refractivity contribution is -0.226. The van der Waals surface area contributed by atoms with Crippen LogP contribution >= 0.6 is 0 Å². The molecule has 0 spiro atoms. The molecule has 8 heteroatoms. The minimum atomic E-state index is -5.07. The van der Waals surface area contributed by atoms with Gasteiger partial charge in [0.15, 0.2) is 0 Å². The molecule has 2 rings (SSSR count). The third-order valence-electron chi connectivity index (χ3n) is 3.63. The van der Waals surface area contributed by atoms with Gasteiger partial charge in [0.2, 0.25) is 5.54 Å². The van der Waals surface area contributed by atoms with Crippen molar-refractivity contribution in [2.24, 2.45) is 0 Å². The Hall–Kier alpha value is -2.25. The van der Waals surface area contributed by atoms with Crippen molar-refractivity contribution in [1.29, 1.82) is 0 Å². The van der Waals surface area contributed by atoms with E-state index in [-0.39, 0.29) is 24.5 Å². The summed E-state index contributed by atoms with van der Waals surface area (Å²) in [7, 11) is 0. The number of carboxylic acid groups (broad SMARTS) is 1. The molecule has 1 fully saturated rings. The summed E-state index contributed by atoms with van der Waals surface area (Å²) >= 11 is 0. The fourth-order valence-electron chi connectivity index (χ4n) is 2.50. The second kappa shape index (κ2) is 5.86. The zero-order chi connectivity index (χ0) is 16.4. The van der Waals surface area contributed by atoms with Crippen molar-refractivity contribution in [3.05, 3.63) is 35.9 Å². The van der Waals surface area contributed by atoms with Gasteiger partial charge in [-0.25, -0.2) is 9.59 Å². The van der Waals surface area contributed by atoms with Crippen LogP contribution in [0.2, 0.25) is 0 Å². The van der Waals surface area contributed by atoms with E-state index in [1.165, 1.54) is 0 Å². The summed E-state index contributed by atoms with van der Waals surface area (Å²) in [4.78, 5) is 23.4. The number of halogens is 3. The van der Waals surface area contributed by atoms with E-state index in [4.69, 9.17) is 9.84 Å².